The van der Waals surface area contributed by atoms with Crippen LogP contribution in [0, 0.1) is 62.6 Å². The van der Waals surface area contributed by atoms with Crippen LogP contribution >= 0.6 is 0 Å². The van der Waals surface area contributed by atoms with Crippen LogP contribution in [0.25, 0.3) is 0 Å². The van der Waals surface area contributed by atoms with Gasteiger partial charge in [-0.2, -0.15) is 0 Å². The summed E-state index contributed by atoms with van der Waals surface area (Å²) in [7, 11) is 0. The third-order valence-corrected chi connectivity index (χ3v) is 13.8. The van der Waals surface area contributed by atoms with Crippen molar-refractivity contribution in [3.63, 3.8) is 0 Å². The van der Waals surface area contributed by atoms with Crippen molar-refractivity contribution in [1.29, 1.82) is 0 Å². The molecule has 5 rings (SSSR count). The molecule has 2 nitrogen and oxygen atoms in total. The molecule has 0 amide bonds. The zero-order valence-corrected chi connectivity index (χ0v) is 22.3. The van der Waals surface area contributed by atoms with Gasteiger partial charge in [-0.1, -0.05) is 55.4 Å². The van der Waals surface area contributed by atoms with Gasteiger partial charge < -0.3 is 5.11 Å². The Labute approximate surface area is 197 Å². The van der Waals surface area contributed by atoms with Crippen LogP contribution < -0.4 is 0 Å². The molecule has 0 radical (unpaired) electrons. The van der Waals surface area contributed by atoms with Gasteiger partial charge in [0.05, 0.1) is 6.10 Å². The lowest BCUT2D eigenvalue weighted by Crippen LogP contribution is -2.68. The number of aliphatic hydroxyl groups is 1. The number of carbonyl (C=O) groups is 1. The first-order valence-corrected chi connectivity index (χ1v) is 13.9. The molecule has 11 atom stereocenters. The number of rotatable bonds is 0. The maximum Gasteiger partial charge on any atom is 0.139 e. The molecular weight excluding hydrogens is 392 g/mol. The van der Waals surface area contributed by atoms with Crippen molar-refractivity contribution >= 4 is 5.78 Å². The Morgan fingerprint density at radius 1 is 0.781 bits per heavy atom. The van der Waals surface area contributed by atoms with Crippen LogP contribution in [0.4, 0.5) is 0 Å². The molecule has 0 saturated heterocycles. The molecule has 0 heterocycles. The summed E-state index contributed by atoms with van der Waals surface area (Å²) >= 11 is 0. The average Bonchev–Trinajstić information content (AvgIpc) is 2.70. The van der Waals surface area contributed by atoms with E-state index >= 15 is 0 Å². The Bertz CT molecular complexity index is 801. The number of Topliss-reactive ketones (excluding diaryl/α,β-unsaturated/α-hetero) is 1. The van der Waals surface area contributed by atoms with E-state index in [0.717, 1.165) is 31.6 Å². The van der Waals surface area contributed by atoms with Gasteiger partial charge in [-0.15, -0.1) is 0 Å². The average molecular weight is 443 g/mol. The fourth-order valence-electron chi connectivity index (χ4n) is 11.4. The van der Waals surface area contributed by atoms with Crippen molar-refractivity contribution in [2.45, 2.75) is 119 Å². The fraction of sp³-hybridized carbons (Fsp3) is 0.967. The molecule has 5 fully saturated rings. The summed E-state index contributed by atoms with van der Waals surface area (Å²) in [6.45, 7) is 19.7. The molecule has 0 bridgehead atoms. The predicted octanol–water partition coefficient (Wildman–Crippen LogP) is 7.28. The fourth-order valence-corrected chi connectivity index (χ4v) is 11.4. The maximum atomic E-state index is 14.0. The van der Waals surface area contributed by atoms with Gasteiger partial charge in [-0.05, 0) is 109 Å². The number of ketones is 1. The molecule has 0 aromatic rings. The van der Waals surface area contributed by atoms with Crippen molar-refractivity contribution in [2.24, 2.45) is 62.6 Å². The summed E-state index contributed by atoms with van der Waals surface area (Å²) in [6, 6.07) is 0. The van der Waals surface area contributed by atoms with Crippen molar-refractivity contribution < 1.29 is 9.90 Å². The maximum absolute atomic E-state index is 14.0. The molecule has 2 heteroatoms. The van der Waals surface area contributed by atoms with Gasteiger partial charge in [0.2, 0.25) is 0 Å². The third-order valence-electron chi connectivity index (χ3n) is 13.8. The summed E-state index contributed by atoms with van der Waals surface area (Å²) < 4.78 is 0. The number of carbonyl (C=O) groups excluding carboxylic acids is 1. The van der Waals surface area contributed by atoms with Crippen LogP contribution in [0.2, 0.25) is 0 Å². The third kappa shape index (κ3) is 2.60. The van der Waals surface area contributed by atoms with Crippen LogP contribution in [0.15, 0.2) is 0 Å². The van der Waals surface area contributed by atoms with Gasteiger partial charge in [0.1, 0.15) is 5.78 Å². The predicted molar refractivity (Wildman–Crippen MR) is 131 cm³/mol. The molecule has 0 aromatic carbocycles. The van der Waals surface area contributed by atoms with Gasteiger partial charge >= 0.3 is 0 Å². The highest BCUT2D eigenvalue weighted by Gasteiger charge is 2.71. The Balaban J connectivity index is 1.57. The lowest BCUT2D eigenvalue weighted by atomic mass is 9.31. The molecule has 1 N–H and O–H groups in total. The summed E-state index contributed by atoms with van der Waals surface area (Å²) in [5.41, 5.74) is 0.560. The molecule has 32 heavy (non-hydrogen) atoms. The minimum absolute atomic E-state index is 0.000353. The Morgan fingerprint density at radius 2 is 1.47 bits per heavy atom. The SMILES string of the molecule is C[C@@H]1[C@H]2[C@H]3CC[C@@H]4[C@@]5(C)CCC(O)C(C)(C)[C@@H]5CC[C@@]4(C)[C@]3(C)CC(=O)[C@@]2(C)CC[C@H]1C. The zero-order chi connectivity index (χ0) is 23.5. The van der Waals surface area contributed by atoms with Crippen molar-refractivity contribution in [2.75, 3.05) is 0 Å². The first kappa shape index (κ1) is 23.4. The highest BCUT2D eigenvalue weighted by molar-refractivity contribution is 5.87. The summed E-state index contributed by atoms with van der Waals surface area (Å²) in [4.78, 5) is 14.0. The number of aliphatic hydroxyl groups excluding tert-OH is 1. The Hall–Kier alpha value is -0.370. The number of hydrogen-bond acceptors (Lipinski definition) is 2. The molecule has 182 valence electrons. The Kier molecular flexibility index (Phi) is 5.01. The van der Waals surface area contributed by atoms with Gasteiger partial charge in [0, 0.05) is 11.8 Å². The quantitative estimate of drug-likeness (QED) is 0.428. The van der Waals surface area contributed by atoms with Gasteiger partial charge in [-0.3, -0.25) is 4.79 Å². The van der Waals surface area contributed by atoms with E-state index in [9.17, 15) is 9.90 Å². The van der Waals surface area contributed by atoms with E-state index in [2.05, 4.69) is 55.4 Å². The van der Waals surface area contributed by atoms with Crippen molar-refractivity contribution in [3.05, 3.63) is 0 Å². The van der Waals surface area contributed by atoms with Gasteiger partial charge in [0.25, 0.3) is 0 Å². The molecule has 5 saturated carbocycles. The summed E-state index contributed by atoms with van der Waals surface area (Å²) in [6.07, 6.45) is 10.2. The second-order valence-electron chi connectivity index (χ2n) is 15.0. The molecule has 0 aliphatic heterocycles. The minimum atomic E-state index is -0.168. The van der Waals surface area contributed by atoms with E-state index in [4.69, 9.17) is 0 Å². The first-order chi connectivity index (χ1) is 14.7. The van der Waals surface area contributed by atoms with E-state index in [1.165, 1.54) is 32.1 Å². The lowest BCUT2D eigenvalue weighted by Gasteiger charge is -2.73. The zero-order valence-electron chi connectivity index (χ0n) is 22.3. The monoisotopic (exact) mass is 442 g/mol. The van der Waals surface area contributed by atoms with Crippen molar-refractivity contribution in [1.82, 2.24) is 0 Å². The lowest BCUT2D eigenvalue weighted by molar-refractivity contribution is -0.249. The molecule has 5 aliphatic carbocycles. The smallest absolute Gasteiger partial charge is 0.139 e. The second-order valence-corrected chi connectivity index (χ2v) is 15.0. The van der Waals surface area contributed by atoms with Crippen molar-refractivity contribution in [3.8, 4) is 0 Å². The van der Waals surface area contributed by atoms with Crippen LogP contribution in [0.3, 0.4) is 0 Å². The van der Waals surface area contributed by atoms with E-state index in [1.807, 2.05) is 0 Å². The van der Waals surface area contributed by atoms with E-state index in [1.54, 1.807) is 0 Å². The van der Waals surface area contributed by atoms with E-state index in [-0.39, 0.29) is 27.8 Å². The molecular formula is C30H50O2. The molecule has 0 spiro atoms. The highest BCUT2D eigenvalue weighted by atomic mass is 16.3. The van der Waals surface area contributed by atoms with Crippen LogP contribution in [-0.2, 0) is 4.79 Å². The van der Waals surface area contributed by atoms with Crippen LogP contribution in [0.5, 0.6) is 0 Å². The largest absolute Gasteiger partial charge is 0.393 e. The van der Waals surface area contributed by atoms with Gasteiger partial charge in [-0.25, -0.2) is 0 Å². The number of fused-ring (bicyclic) bond motifs is 7. The molecule has 5 aliphatic rings. The minimum Gasteiger partial charge on any atom is -0.393 e. The second kappa shape index (κ2) is 6.86. The highest BCUT2D eigenvalue weighted by Crippen LogP contribution is 2.76. The van der Waals surface area contributed by atoms with Crippen LogP contribution in [0.1, 0.15) is 113 Å². The molecule has 1 unspecified atom stereocenters. The van der Waals surface area contributed by atoms with E-state index in [0.29, 0.717) is 40.8 Å². The topological polar surface area (TPSA) is 37.3 Å². The normalized spacial score (nSPS) is 59.4. The standard InChI is InChI=1S/C30H50O2/c1-18-11-14-28(6)24(32)17-30(8)20(25(28)19(18)2)9-10-22-27(5)15-13-23(31)26(3,4)21(27)12-16-29(22,30)7/h18-23,25,31H,9-17H2,1-8H3/t18-,19+,20-,21+,22-,23?,25+,27+,28-,29-,30-/m1/s1. The summed E-state index contributed by atoms with van der Waals surface area (Å²) in [5, 5.41) is 10.9. The van der Waals surface area contributed by atoms with E-state index < -0.39 is 0 Å². The first-order valence-electron chi connectivity index (χ1n) is 13.9. The summed E-state index contributed by atoms with van der Waals surface area (Å²) in [5.74, 6) is 4.50. The molecule has 0 aromatic heterocycles. The Morgan fingerprint density at radius 3 is 2.16 bits per heavy atom. The number of hydrogen-bond donors (Lipinski definition) is 1. The van der Waals surface area contributed by atoms with Crippen LogP contribution in [-0.4, -0.2) is 17.0 Å². The van der Waals surface area contributed by atoms with Gasteiger partial charge in [0.15, 0.2) is 0 Å².